The van der Waals surface area contributed by atoms with Crippen LogP contribution in [0.2, 0.25) is 0 Å². The summed E-state index contributed by atoms with van der Waals surface area (Å²) in [5, 5.41) is 9.38. The number of aromatic nitrogens is 1. The van der Waals surface area contributed by atoms with Crippen LogP contribution in [0.5, 0.6) is 5.75 Å². The molecule has 2 heterocycles. The number of carbonyl (C=O) groups is 1. The van der Waals surface area contributed by atoms with Crippen LogP contribution in [0.25, 0.3) is 0 Å². The molecule has 3 rings (SSSR count). The molecule has 23 heavy (non-hydrogen) atoms. The van der Waals surface area contributed by atoms with Gasteiger partial charge in [-0.1, -0.05) is 12.1 Å². The van der Waals surface area contributed by atoms with Crippen LogP contribution in [0.4, 0.5) is 0 Å². The van der Waals surface area contributed by atoms with E-state index in [9.17, 15) is 4.79 Å². The van der Waals surface area contributed by atoms with Gasteiger partial charge in [0.1, 0.15) is 12.4 Å². The predicted molar refractivity (Wildman–Crippen MR) is 91.0 cm³/mol. The molecule has 0 unspecified atom stereocenters. The van der Waals surface area contributed by atoms with Crippen molar-refractivity contribution < 1.29 is 9.53 Å². The molecule has 2 N–H and O–H groups in total. The quantitative estimate of drug-likeness (QED) is 0.884. The maximum atomic E-state index is 12.5. The van der Waals surface area contributed by atoms with Gasteiger partial charge >= 0.3 is 0 Å². The summed E-state index contributed by atoms with van der Waals surface area (Å²) >= 11 is 1.60. The summed E-state index contributed by atoms with van der Waals surface area (Å²) in [6.45, 7) is 4.19. The number of amides is 1. The molecule has 0 radical (unpaired) electrons. The van der Waals surface area contributed by atoms with Crippen molar-refractivity contribution in [1.82, 2.24) is 15.6 Å². The fraction of sp³-hybridized carbons (Fsp3) is 0.412. The van der Waals surface area contributed by atoms with Crippen molar-refractivity contribution >= 4 is 17.2 Å². The van der Waals surface area contributed by atoms with Crippen LogP contribution in [-0.2, 0) is 6.61 Å². The van der Waals surface area contributed by atoms with Gasteiger partial charge < -0.3 is 15.4 Å². The van der Waals surface area contributed by atoms with Crippen LogP contribution in [0.1, 0.15) is 33.9 Å². The van der Waals surface area contributed by atoms with Crippen molar-refractivity contribution in [3.63, 3.8) is 0 Å². The number of hydrogen-bond acceptors (Lipinski definition) is 5. The van der Waals surface area contributed by atoms with Crippen molar-refractivity contribution in [2.75, 3.05) is 13.1 Å². The SMILES string of the molecule is Cc1nc(COc2ccccc2C(=O)N[C@H]2CCCNC2)cs1. The molecule has 2 aromatic rings. The van der Waals surface area contributed by atoms with E-state index in [1.807, 2.05) is 30.5 Å². The summed E-state index contributed by atoms with van der Waals surface area (Å²) < 4.78 is 5.81. The van der Waals surface area contributed by atoms with E-state index in [1.165, 1.54) is 0 Å². The van der Waals surface area contributed by atoms with Gasteiger partial charge in [0.25, 0.3) is 5.91 Å². The lowest BCUT2D eigenvalue weighted by molar-refractivity contribution is 0.0926. The van der Waals surface area contributed by atoms with Crippen LogP contribution >= 0.6 is 11.3 Å². The molecule has 0 saturated carbocycles. The third-order valence-corrected chi connectivity index (χ3v) is 4.63. The standard InChI is InChI=1S/C17H21N3O2S/c1-12-19-14(11-23-12)10-22-16-7-3-2-6-15(16)17(21)20-13-5-4-8-18-9-13/h2-3,6-7,11,13,18H,4-5,8-10H2,1H3,(H,20,21)/t13-/m0/s1. The molecule has 1 aromatic heterocycles. The molecule has 1 fully saturated rings. The molecule has 1 aliphatic rings. The van der Waals surface area contributed by atoms with Crippen molar-refractivity contribution in [3.8, 4) is 5.75 Å². The summed E-state index contributed by atoms with van der Waals surface area (Å²) in [7, 11) is 0. The van der Waals surface area contributed by atoms with Gasteiger partial charge in [-0.25, -0.2) is 4.98 Å². The number of hydrogen-bond donors (Lipinski definition) is 2. The van der Waals surface area contributed by atoms with Gasteiger partial charge in [-0.3, -0.25) is 4.79 Å². The first-order chi connectivity index (χ1) is 11.2. The Hall–Kier alpha value is -1.92. The topological polar surface area (TPSA) is 63.2 Å². The first-order valence-electron chi connectivity index (χ1n) is 7.87. The van der Waals surface area contributed by atoms with Crippen molar-refractivity contribution in [2.24, 2.45) is 0 Å². The summed E-state index contributed by atoms with van der Waals surface area (Å²) in [4.78, 5) is 16.9. The fourth-order valence-corrected chi connectivity index (χ4v) is 3.24. The van der Waals surface area contributed by atoms with Crippen molar-refractivity contribution in [1.29, 1.82) is 0 Å². The number of piperidine rings is 1. The third-order valence-electron chi connectivity index (χ3n) is 3.81. The van der Waals surface area contributed by atoms with E-state index in [-0.39, 0.29) is 11.9 Å². The first-order valence-corrected chi connectivity index (χ1v) is 8.75. The molecule has 1 saturated heterocycles. The maximum Gasteiger partial charge on any atom is 0.255 e. The van der Waals surface area contributed by atoms with E-state index in [4.69, 9.17) is 4.74 Å². The molecular weight excluding hydrogens is 310 g/mol. The zero-order valence-corrected chi connectivity index (χ0v) is 14.0. The molecule has 1 aliphatic heterocycles. The van der Waals surface area contributed by atoms with Gasteiger partial charge in [0, 0.05) is 18.0 Å². The number of benzene rings is 1. The smallest absolute Gasteiger partial charge is 0.255 e. The number of rotatable bonds is 5. The highest BCUT2D eigenvalue weighted by molar-refractivity contribution is 7.09. The van der Waals surface area contributed by atoms with E-state index in [0.29, 0.717) is 17.9 Å². The molecule has 0 bridgehead atoms. The average molecular weight is 331 g/mol. The lowest BCUT2D eigenvalue weighted by Gasteiger charge is -2.24. The number of nitrogens with one attached hydrogen (secondary N) is 2. The monoisotopic (exact) mass is 331 g/mol. The zero-order valence-electron chi connectivity index (χ0n) is 13.2. The Kier molecular flexibility index (Phi) is 5.25. The van der Waals surface area contributed by atoms with Gasteiger partial charge in [0.15, 0.2) is 0 Å². The Balaban J connectivity index is 1.65. The summed E-state index contributed by atoms with van der Waals surface area (Å²) in [6.07, 6.45) is 2.10. The number of ether oxygens (including phenoxy) is 1. The van der Waals surface area contributed by atoms with Gasteiger partial charge in [-0.05, 0) is 38.4 Å². The Morgan fingerprint density at radius 1 is 1.48 bits per heavy atom. The predicted octanol–water partition coefficient (Wildman–Crippen LogP) is 2.51. The molecule has 6 heteroatoms. The highest BCUT2D eigenvalue weighted by Gasteiger charge is 2.18. The van der Waals surface area contributed by atoms with Crippen LogP contribution in [-0.4, -0.2) is 30.0 Å². The van der Waals surface area contributed by atoms with E-state index in [1.54, 1.807) is 17.4 Å². The van der Waals surface area contributed by atoms with Crippen LogP contribution in [0.15, 0.2) is 29.6 Å². The average Bonchev–Trinajstić information content (AvgIpc) is 2.99. The molecule has 0 aliphatic carbocycles. The third kappa shape index (κ3) is 4.30. The van der Waals surface area contributed by atoms with Crippen LogP contribution in [0.3, 0.4) is 0 Å². The van der Waals surface area contributed by atoms with E-state index in [0.717, 1.165) is 36.6 Å². The van der Waals surface area contributed by atoms with Gasteiger partial charge in [0.05, 0.1) is 16.3 Å². The summed E-state index contributed by atoms with van der Waals surface area (Å²) in [5.74, 6) is 0.517. The van der Waals surface area contributed by atoms with E-state index in [2.05, 4.69) is 15.6 Å². The van der Waals surface area contributed by atoms with Gasteiger partial charge in [-0.2, -0.15) is 0 Å². The lowest BCUT2D eigenvalue weighted by Crippen LogP contribution is -2.45. The Labute approximate surface area is 140 Å². The Morgan fingerprint density at radius 2 is 2.35 bits per heavy atom. The largest absolute Gasteiger partial charge is 0.486 e. The van der Waals surface area contributed by atoms with Gasteiger partial charge in [-0.15, -0.1) is 11.3 Å². The second-order valence-electron chi connectivity index (χ2n) is 5.66. The first kappa shape index (κ1) is 16.0. The second-order valence-corrected chi connectivity index (χ2v) is 6.72. The minimum Gasteiger partial charge on any atom is -0.486 e. The minimum atomic E-state index is -0.0799. The van der Waals surface area contributed by atoms with E-state index < -0.39 is 0 Å². The number of thiazole rings is 1. The van der Waals surface area contributed by atoms with Crippen molar-refractivity contribution in [3.05, 3.63) is 45.9 Å². The molecule has 1 atom stereocenters. The Bertz CT molecular complexity index is 665. The van der Waals surface area contributed by atoms with E-state index >= 15 is 0 Å². The maximum absolute atomic E-state index is 12.5. The lowest BCUT2D eigenvalue weighted by atomic mass is 10.1. The van der Waals surface area contributed by atoms with Crippen LogP contribution < -0.4 is 15.4 Å². The number of aryl methyl sites for hydroxylation is 1. The number of carbonyl (C=O) groups excluding carboxylic acids is 1. The molecule has 5 nitrogen and oxygen atoms in total. The highest BCUT2D eigenvalue weighted by atomic mass is 32.1. The Morgan fingerprint density at radius 3 is 3.09 bits per heavy atom. The summed E-state index contributed by atoms with van der Waals surface area (Å²) in [6, 6.07) is 7.54. The second kappa shape index (κ2) is 7.57. The number of para-hydroxylation sites is 1. The molecule has 1 amide bonds. The molecule has 0 spiro atoms. The zero-order chi connectivity index (χ0) is 16.1. The fourth-order valence-electron chi connectivity index (χ4n) is 2.64. The number of nitrogens with zero attached hydrogens (tertiary/aromatic N) is 1. The van der Waals surface area contributed by atoms with Gasteiger partial charge in [0.2, 0.25) is 0 Å². The normalized spacial score (nSPS) is 17.7. The summed E-state index contributed by atoms with van der Waals surface area (Å²) in [5.41, 5.74) is 1.46. The highest BCUT2D eigenvalue weighted by Crippen LogP contribution is 2.20. The minimum absolute atomic E-state index is 0.0799. The van der Waals surface area contributed by atoms with Crippen molar-refractivity contribution in [2.45, 2.75) is 32.4 Å². The van der Waals surface area contributed by atoms with Crippen LogP contribution in [0, 0.1) is 6.92 Å². The molecule has 122 valence electrons. The molecular formula is C17H21N3O2S. The molecule has 1 aromatic carbocycles.